The van der Waals surface area contributed by atoms with Crippen LogP contribution in [0, 0.1) is 0 Å². The molecule has 11 rings (SSSR count). The van der Waals surface area contributed by atoms with E-state index in [1.54, 1.807) is 84.9 Å². The van der Waals surface area contributed by atoms with E-state index in [-0.39, 0.29) is 58.2 Å². The van der Waals surface area contributed by atoms with Crippen molar-refractivity contribution in [1.29, 1.82) is 0 Å². The number of esters is 8. The fourth-order valence-electron chi connectivity index (χ4n) is 7.34. The van der Waals surface area contributed by atoms with E-state index >= 15 is 0 Å². The summed E-state index contributed by atoms with van der Waals surface area (Å²) < 4.78 is 17.9. The topological polar surface area (TPSA) is 242 Å². The number of carbonyl (C=O) groups is 12. The molecule has 0 bridgehead atoms. The lowest BCUT2D eigenvalue weighted by Crippen LogP contribution is -1.98. The van der Waals surface area contributed by atoms with E-state index in [0.29, 0.717) is 57.3 Å². The minimum absolute atomic E-state index is 0.0504. The van der Waals surface area contributed by atoms with Gasteiger partial charge in [0.15, 0.2) is 23.1 Å². The molecule has 0 atom stereocenters. The van der Waals surface area contributed by atoms with Gasteiger partial charge in [0, 0.05) is 22.3 Å². The van der Waals surface area contributed by atoms with Crippen LogP contribution in [0.25, 0.3) is 0 Å². The number of cyclic esters (lactones) is 8. The van der Waals surface area contributed by atoms with Crippen molar-refractivity contribution < 1.29 is 76.5 Å². The number of carbonyl (C=O) groups excluding carboxylic acids is 12. The lowest BCUT2D eigenvalue weighted by molar-refractivity contribution is 0.0425. The SMILES string of the molecule is CCC.O=C1CC(=O)c2cc3c(cc21)C(=O)OC3=O.O=C1CC(=O)c2ccccc21.O=C1OC(=O)c2cc(CCCc3ccc4c(c3)C(=O)OC4=O)ccc21.O=C1OC(=O)c2ccccc21. The third kappa shape index (κ3) is 9.19. The van der Waals surface area contributed by atoms with Gasteiger partial charge in [-0.15, -0.1) is 0 Å². The van der Waals surface area contributed by atoms with Gasteiger partial charge in [-0.3, -0.25) is 19.2 Å². The first-order chi connectivity index (χ1) is 31.6. The van der Waals surface area contributed by atoms with Gasteiger partial charge in [-0.1, -0.05) is 68.8 Å². The van der Waals surface area contributed by atoms with Crippen LogP contribution < -0.4 is 0 Å². The largest absolute Gasteiger partial charge is 0.386 e. The van der Waals surface area contributed by atoms with Crippen LogP contribution in [0.2, 0.25) is 0 Å². The normalized spacial score (nSPS) is 15.2. The molecule has 5 aromatic carbocycles. The standard InChI is InChI=1S/C19H12O6.C11H4O5.C9H6O2.C8H4O3.C3H8/c20-16-12-6-4-10(8-14(12)18(22)24-16)2-1-3-11-5-7-13-15(9-11)19(23)25-17(13)21;12-8-3-9(13)5-2-7-6(1-4(5)8)10(14)16-11(7)15;10-8-5-9(11)7-4-2-1-3-6(7)8;9-7-5-3-1-2-4-6(5)8(10)11-7;1-3-2/h4-9H,1-3H2;1-2H,3H2;1-4H,5H2;1-4H;3H2,1-2H3. The average molecular weight is 891 g/mol. The maximum absolute atomic E-state index is 11.6. The maximum Gasteiger partial charge on any atom is 0.346 e. The van der Waals surface area contributed by atoms with Gasteiger partial charge in [0.1, 0.15) is 0 Å². The van der Waals surface area contributed by atoms with Crippen molar-refractivity contribution in [2.45, 2.75) is 52.4 Å². The second kappa shape index (κ2) is 19.0. The van der Waals surface area contributed by atoms with Crippen molar-refractivity contribution in [2.75, 3.05) is 0 Å². The van der Waals surface area contributed by atoms with Crippen LogP contribution in [0.15, 0.2) is 97.1 Å². The maximum atomic E-state index is 11.6. The van der Waals surface area contributed by atoms with Gasteiger partial charge < -0.3 is 18.9 Å². The Hall–Kier alpha value is -8.66. The molecule has 0 fully saturated rings. The molecule has 5 aromatic rings. The first-order valence-electron chi connectivity index (χ1n) is 20.4. The van der Waals surface area contributed by atoms with Crippen molar-refractivity contribution in [3.05, 3.63) is 175 Å². The van der Waals surface area contributed by atoms with E-state index in [1.807, 2.05) is 0 Å². The number of rotatable bonds is 4. The molecular formula is C50H34O16. The lowest BCUT2D eigenvalue weighted by atomic mass is 9.98. The Balaban J connectivity index is 0.000000136. The molecule has 66 heavy (non-hydrogen) atoms. The van der Waals surface area contributed by atoms with Gasteiger partial charge in [-0.25, -0.2) is 38.4 Å². The first kappa shape index (κ1) is 45.4. The molecule has 6 aliphatic rings. The molecule has 4 aliphatic heterocycles. The molecule has 0 unspecified atom stereocenters. The molecule has 16 heteroatoms. The number of Topliss-reactive ketones (excluding diaryl/α,β-unsaturated/α-hetero) is 4. The fourth-order valence-corrected chi connectivity index (χ4v) is 7.34. The molecule has 0 N–H and O–H groups in total. The first-order valence-corrected chi connectivity index (χ1v) is 20.4. The molecule has 2 aliphatic carbocycles. The monoisotopic (exact) mass is 890 g/mol. The van der Waals surface area contributed by atoms with Crippen LogP contribution in [-0.4, -0.2) is 70.9 Å². The number of aryl methyl sites for hydroxylation is 2. The third-order valence-electron chi connectivity index (χ3n) is 10.5. The summed E-state index contributed by atoms with van der Waals surface area (Å²) in [6.45, 7) is 4.25. The van der Waals surface area contributed by atoms with Crippen LogP contribution in [0.4, 0.5) is 0 Å². The lowest BCUT2D eigenvalue weighted by Gasteiger charge is -2.04. The van der Waals surface area contributed by atoms with Crippen LogP contribution in [0.5, 0.6) is 0 Å². The number of ketones is 4. The van der Waals surface area contributed by atoms with Crippen molar-refractivity contribution in [3.63, 3.8) is 0 Å². The van der Waals surface area contributed by atoms with Crippen LogP contribution in [0.3, 0.4) is 0 Å². The fraction of sp³-hybridized carbons (Fsp3) is 0.160. The third-order valence-corrected chi connectivity index (χ3v) is 10.5. The Morgan fingerprint density at radius 2 is 0.576 bits per heavy atom. The van der Waals surface area contributed by atoms with Gasteiger partial charge in [0.2, 0.25) is 0 Å². The Kier molecular flexibility index (Phi) is 13.0. The number of hydrogen-bond acceptors (Lipinski definition) is 16. The number of fused-ring (bicyclic) bond motifs is 6. The molecular weight excluding hydrogens is 857 g/mol. The predicted octanol–water partition coefficient (Wildman–Crippen LogP) is 7.12. The molecule has 16 nitrogen and oxygen atoms in total. The number of benzene rings is 5. The van der Waals surface area contributed by atoms with E-state index in [1.165, 1.54) is 18.6 Å². The van der Waals surface area contributed by atoms with E-state index in [4.69, 9.17) is 0 Å². The van der Waals surface area contributed by atoms with Crippen molar-refractivity contribution in [3.8, 4) is 0 Å². The van der Waals surface area contributed by atoms with Gasteiger partial charge in [0.05, 0.1) is 57.3 Å². The summed E-state index contributed by atoms with van der Waals surface area (Å²) in [4.78, 5) is 135. The summed E-state index contributed by atoms with van der Waals surface area (Å²) in [5.74, 6) is -5.81. The van der Waals surface area contributed by atoms with Crippen LogP contribution in [-0.2, 0) is 31.8 Å². The van der Waals surface area contributed by atoms with E-state index < -0.39 is 47.8 Å². The zero-order valence-corrected chi connectivity index (χ0v) is 35.0. The minimum atomic E-state index is -0.769. The quantitative estimate of drug-likeness (QED) is 0.0991. The smallest absolute Gasteiger partial charge is 0.346 e. The molecule has 0 radical (unpaired) electrons. The van der Waals surface area contributed by atoms with Crippen molar-refractivity contribution in [2.24, 2.45) is 0 Å². The van der Waals surface area contributed by atoms with Gasteiger partial charge in [-0.2, -0.15) is 0 Å². The summed E-state index contributed by atoms with van der Waals surface area (Å²) in [6.07, 6.45) is 3.30. The summed E-state index contributed by atoms with van der Waals surface area (Å²) >= 11 is 0. The number of hydrogen-bond donors (Lipinski definition) is 0. The second-order valence-corrected chi connectivity index (χ2v) is 15.1. The highest BCUT2D eigenvalue weighted by Crippen LogP contribution is 2.30. The molecule has 0 amide bonds. The molecule has 0 saturated carbocycles. The summed E-state index contributed by atoms with van der Waals surface area (Å²) in [5.41, 5.74) is 5.49. The zero-order chi connectivity index (χ0) is 47.4. The Morgan fingerprint density at radius 1 is 0.318 bits per heavy atom. The van der Waals surface area contributed by atoms with Crippen LogP contribution >= 0.6 is 0 Å². The van der Waals surface area contributed by atoms with E-state index in [9.17, 15) is 57.5 Å². The summed E-state index contributed by atoms with van der Waals surface area (Å²) in [7, 11) is 0. The highest BCUT2D eigenvalue weighted by atomic mass is 16.6. The molecule has 0 aromatic heterocycles. The summed E-state index contributed by atoms with van der Waals surface area (Å²) in [6, 6.07) is 26.2. The van der Waals surface area contributed by atoms with Crippen molar-refractivity contribution >= 4 is 70.9 Å². The Labute approximate surface area is 373 Å². The highest BCUT2D eigenvalue weighted by Gasteiger charge is 2.37. The zero-order valence-electron chi connectivity index (χ0n) is 35.0. The molecule has 4 heterocycles. The molecule has 0 saturated heterocycles. The Bertz CT molecular complexity index is 2710. The van der Waals surface area contributed by atoms with Gasteiger partial charge >= 0.3 is 47.8 Å². The highest BCUT2D eigenvalue weighted by molar-refractivity contribution is 6.27. The Morgan fingerprint density at radius 3 is 0.909 bits per heavy atom. The van der Waals surface area contributed by atoms with Gasteiger partial charge in [0.25, 0.3) is 0 Å². The molecule has 0 spiro atoms. The summed E-state index contributed by atoms with van der Waals surface area (Å²) in [5, 5.41) is 0. The average Bonchev–Trinajstić information content (AvgIpc) is 4.09. The van der Waals surface area contributed by atoms with Crippen molar-refractivity contribution in [1.82, 2.24) is 0 Å². The second-order valence-electron chi connectivity index (χ2n) is 15.1. The minimum Gasteiger partial charge on any atom is -0.386 e. The predicted molar refractivity (Wildman–Crippen MR) is 226 cm³/mol. The van der Waals surface area contributed by atoms with E-state index in [0.717, 1.165) is 17.5 Å². The van der Waals surface area contributed by atoms with Gasteiger partial charge in [-0.05, 0) is 78.9 Å². The number of ether oxygens (including phenoxy) is 4. The van der Waals surface area contributed by atoms with Crippen LogP contribution in [0.1, 0.15) is 175 Å². The molecule has 330 valence electrons. The van der Waals surface area contributed by atoms with E-state index in [2.05, 4.69) is 32.8 Å².